The Morgan fingerprint density at radius 3 is 2.23 bits per heavy atom. The van der Waals surface area contributed by atoms with Gasteiger partial charge in [0.2, 0.25) is 10.0 Å². The van der Waals surface area contributed by atoms with E-state index < -0.39 is 20.9 Å². The number of nitro groups is 1. The number of aryl methyl sites for hydroxylation is 1. The molecule has 0 atom stereocenters. The van der Waals surface area contributed by atoms with E-state index in [2.05, 4.69) is 5.32 Å². The second kappa shape index (κ2) is 10.4. The smallest absolute Gasteiger partial charge is 0.271 e. The third-order valence-electron chi connectivity index (χ3n) is 5.26. The summed E-state index contributed by atoms with van der Waals surface area (Å²) in [6, 6.07) is 15.8. The lowest BCUT2D eigenvalue weighted by atomic mass is 10.1. The summed E-state index contributed by atoms with van der Waals surface area (Å²) in [7, 11) is -1.06. The van der Waals surface area contributed by atoms with Crippen LogP contribution in [0.5, 0.6) is 11.5 Å². The van der Waals surface area contributed by atoms with Gasteiger partial charge in [0.1, 0.15) is 0 Å². The van der Waals surface area contributed by atoms with Gasteiger partial charge in [0, 0.05) is 18.2 Å². The molecule has 10 nitrogen and oxygen atoms in total. The molecule has 0 aliphatic carbocycles. The molecule has 11 heteroatoms. The molecule has 1 amide bonds. The normalized spacial score (nSPS) is 11.0. The minimum atomic E-state index is -3.85. The van der Waals surface area contributed by atoms with Gasteiger partial charge in [0.05, 0.1) is 48.9 Å². The van der Waals surface area contributed by atoms with E-state index in [1.807, 2.05) is 6.07 Å². The lowest BCUT2D eigenvalue weighted by molar-refractivity contribution is -0.384. The third-order valence-corrected chi connectivity index (χ3v) is 6.39. The summed E-state index contributed by atoms with van der Waals surface area (Å²) in [5, 5.41) is 13.9. The monoisotopic (exact) mass is 499 g/mol. The number of hydrogen-bond acceptors (Lipinski definition) is 7. The van der Waals surface area contributed by atoms with E-state index >= 15 is 0 Å². The zero-order valence-corrected chi connectivity index (χ0v) is 20.5. The van der Waals surface area contributed by atoms with E-state index in [1.165, 1.54) is 44.6 Å². The van der Waals surface area contributed by atoms with Crippen molar-refractivity contribution in [2.45, 2.75) is 13.5 Å². The molecule has 0 unspecified atom stereocenters. The average Bonchev–Trinajstić information content (AvgIpc) is 2.82. The van der Waals surface area contributed by atoms with Crippen molar-refractivity contribution in [1.82, 2.24) is 0 Å². The molecular formula is C24H25N3O7S. The molecule has 0 aliphatic heterocycles. The fourth-order valence-electron chi connectivity index (χ4n) is 3.43. The van der Waals surface area contributed by atoms with Crippen LogP contribution in [0.25, 0.3) is 0 Å². The van der Waals surface area contributed by atoms with E-state index in [0.717, 1.165) is 10.6 Å². The van der Waals surface area contributed by atoms with Crippen molar-refractivity contribution in [1.29, 1.82) is 0 Å². The van der Waals surface area contributed by atoms with Gasteiger partial charge in [-0.05, 0) is 24.1 Å². The van der Waals surface area contributed by atoms with Gasteiger partial charge in [-0.15, -0.1) is 0 Å². The van der Waals surface area contributed by atoms with Crippen LogP contribution in [0.15, 0.2) is 60.7 Å². The average molecular weight is 500 g/mol. The Kier molecular flexibility index (Phi) is 7.60. The highest BCUT2D eigenvalue weighted by Crippen LogP contribution is 2.37. The summed E-state index contributed by atoms with van der Waals surface area (Å²) in [5.74, 6) is -0.233. The van der Waals surface area contributed by atoms with Crippen molar-refractivity contribution in [3.63, 3.8) is 0 Å². The highest BCUT2D eigenvalue weighted by Gasteiger charge is 2.27. The summed E-state index contributed by atoms with van der Waals surface area (Å²) in [5.41, 5.74) is 1.37. The number of nitro benzene ring substituents is 1. The molecule has 1 N–H and O–H groups in total. The first-order chi connectivity index (χ1) is 16.5. The zero-order chi connectivity index (χ0) is 25.8. The molecule has 0 saturated heterocycles. The van der Waals surface area contributed by atoms with Crippen LogP contribution in [0, 0.1) is 17.0 Å². The number of ether oxygens (including phenoxy) is 2. The van der Waals surface area contributed by atoms with Crippen molar-refractivity contribution in [3.05, 3.63) is 87.5 Å². The van der Waals surface area contributed by atoms with E-state index in [0.29, 0.717) is 11.1 Å². The number of rotatable bonds is 9. The largest absolute Gasteiger partial charge is 0.493 e. The van der Waals surface area contributed by atoms with Gasteiger partial charge in [0.25, 0.3) is 11.6 Å². The summed E-state index contributed by atoms with van der Waals surface area (Å²) < 4.78 is 37.5. The quantitative estimate of drug-likeness (QED) is 0.346. The van der Waals surface area contributed by atoms with Crippen LogP contribution in [0.3, 0.4) is 0 Å². The Morgan fingerprint density at radius 2 is 1.66 bits per heavy atom. The van der Waals surface area contributed by atoms with E-state index in [-0.39, 0.29) is 40.7 Å². The van der Waals surface area contributed by atoms with Gasteiger partial charge >= 0.3 is 0 Å². The standard InChI is InChI=1S/C24H25N3O7S/c1-16-10-11-18(27(29)30)12-20(16)25-24(28)19-13-22(33-2)23(34-3)14-21(19)26(35(4,31)32)15-17-8-6-5-7-9-17/h5-14H,15H2,1-4H3,(H,25,28). The zero-order valence-electron chi connectivity index (χ0n) is 19.6. The number of carbonyl (C=O) groups is 1. The molecule has 0 radical (unpaired) electrons. The topological polar surface area (TPSA) is 128 Å². The number of carbonyl (C=O) groups excluding carboxylic acids is 1. The summed E-state index contributed by atoms with van der Waals surface area (Å²) >= 11 is 0. The number of non-ortho nitro benzene ring substituents is 1. The van der Waals surface area contributed by atoms with Gasteiger partial charge in [-0.1, -0.05) is 36.4 Å². The molecule has 0 heterocycles. The van der Waals surface area contributed by atoms with Crippen molar-refractivity contribution in [2.24, 2.45) is 0 Å². The molecule has 0 fully saturated rings. The van der Waals surface area contributed by atoms with Gasteiger partial charge < -0.3 is 14.8 Å². The fourth-order valence-corrected chi connectivity index (χ4v) is 4.33. The van der Waals surface area contributed by atoms with Crippen LogP contribution in [-0.2, 0) is 16.6 Å². The minimum Gasteiger partial charge on any atom is -0.493 e. The third kappa shape index (κ3) is 5.87. The van der Waals surface area contributed by atoms with Gasteiger partial charge in [0.15, 0.2) is 11.5 Å². The maximum Gasteiger partial charge on any atom is 0.271 e. The van der Waals surface area contributed by atoms with Crippen LogP contribution in [0.4, 0.5) is 17.1 Å². The highest BCUT2D eigenvalue weighted by molar-refractivity contribution is 7.92. The van der Waals surface area contributed by atoms with Gasteiger partial charge in [-0.3, -0.25) is 19.2 Å². The second-order valence-corrected chi connectivity index (χ2v) is 9.60. The molecule has 3 rings (SSSR count). The number of nitrogens with one attached hydrogen (secondary N) is 1. The Labute approximate surface area is 203 Å². The van der Waals surface area contributed by atoms with Crippen molar-refractivity contribution in [2.75, 3.05) is 30.1 Å². The van der Waals surface area contributed by atoms with Crippen LogP contribution >= 0.6 is 0 Å². The van der Waals surface area contributed by atoms with Crippen molar-refractivity contribution in [3.8, 4) is 11.5 Å². The molecule has 0 bridgehead atoms. The molecular weight excluding hydrogens is 474 g/mol. The number of benzene rings is 3. The fraction of sp³-hybridized carbons (Fsp3) is 0.208. The lowest BCUT2D eigenvalue weighted by Gasteiger charge is -2.26. The Morgan fingerprint density at radius 1 is 1.03 bits per heavy atom. The van der Waals surface area contributed by atoms with E-state index in [9.17, 15) is 23.3 Å². The highest BCUT2D eigenvalue weighted by atomic mass is 32.2. The molecule has 3 aromatic rings. The number of amides is 1. The number of hydrogen-bond donors (Lipinski definition) is 1. The van der Waals surface area contributed by atoms with Gasteiger partial charge in [-0.25, -0.2) is 8.42 Å². The number of nitrogens with zero attached hydrogens (tertiary/aromatic N) is 2. The van der Waals surface area contributed by atoms with Crippen LogP contribution in [-0.4, -0.2) is 39.7 Å². The van der Waals surface area contributed by atoms with E-state index in [1.54, 1.807) is 31.2 Å². The van der Waals surface area contributed by atoms with Gasteiger partial charge in [-0.2, -0.15) is 0 Å². The minimum absolute atomic E-state index is 0.0186. The molecule has 35 heavy (non-hydrogen) atoms. The van der Waals surface area contributed by atoms with Crippen LogP contribution in [0.2, 0.25) is 0 Å². The molecule has 0 saturated carbocycles. The molecule has 0 spiro atoms. The Bertz CT molecular complexity index is 1360. The van der Waals surface area contributed by atoms with Crippen LogP contribution in [0.1, 0.15) is 21.5 Å². The first-order valence-electron chi connectivity index (χ1n) is 10.4. The predicted octanol–water partition coefficient (Wildman–Crippen LogP) is 4.14. The second-order valence-electron chi connectivity index (χ2n) is 7.69. The predicted molar refractivity (Wildman–Crippen MR) is 133 cm³/mol. The summed E-state index contributed by atoms with van der Waals surface area (Å²) in [6.45, 7) is 1.65. The van der Waals surface area contributed by atoms with Crippen molar-refractivity contribution < 1.29 is 27.6 Å². The SMILES string of the molecule is COc1cc(C(=O)Nc2cc([N+](=O)[O-])ccc2C)c(N(Cc2ccccc2)S(C)(=O)=O)cc1OC. The Balaban J connectivity index is 2.15. The molecule has 0 aromatic heterocycles. The maximum absolute atomic E-state index is 13.4. The molecule has 0 aliphatic rings. The Hall–Kier alpha value is -4.12. The van der Waals surface area contributed by atoms with Crippen LogP contribution < -0.4 is 19.1 Å². The first kappa shape index (κ1) is 25.5. The first-order valence-corrected chi connectivity index (χ1v) is 12.2. The number of methoxy groups -OCH3 is 2. The summed E-state index contributed by atoms with van der Waals surface area (Å²) in [4.78, 5) is 24.0. The van der Waals surface area contributed by atoms with E-state index in [4.69, 9.17) is 9.47 Å². The summed E-state index contributed by atoms with van der Waals surface area (Å²) in [6.07, 6.45) is 1.04. The number of anilines is 2. The lowest BCUT2D eigenvalue weighted by Crippen LogP contribution is -2.31. The molecule has 184 valence electrons. The number of sulfonamides is 1. The molecule has 3 aromatic carbocycles. The maximum atomic E-state index is 13.4. The van der Waals surface area contributed by atoms with Crippen molar-refractivity contribution >= 4 is 33.0 Å².